The van der Waals surface area contributed by atoms with Crippen LogP contribution in [0.5, 0.6) is 5.88 Å². The molecule has 9 nitrogen and oxygen atoms in total. The van der Waals surface area contributed by atoms with Gasteiger partial charge in [-0.3, -0.25) is 4.99 Å². The molecule has 0 radical (unpaired) electrons. The van der Waals surface area contributed by atoms with E-state index in [-0.39, 0.29) is 17.2 Å². The van der Waals surface area contributed by atoms with E-state index in [0.717, 1.165) is 0 Å². The Balaban J connectivity index is 2.45. The van der Waals surface area contributed by atoms with Crippen molar-refractivity contribution in [2.24, 2.45) is 10.7 Å². The summed E-state index contributed by atoms with van der Waals surface area (Å²) in [6.45, 7) is 3.39. The number of methoxy groups -OCH3 is 2. The third-order valence-electron chi connectivity index (χ3n) is 3.77. The number of hydrogen-bond donors (Lipinski definition) is 1. The average Bonchev–Trinajstić information content (AvgIpc) is 2.74. The Labute approximate surface area is 174 Å². The smallest absolute Gasteiger partial charge is 0.341 e. The number of hydrogen-bond acceptors (Lipinski definition) is 9. The monoisotopic (exact) mass is 407 g/mol. The molecular weight excluding hydrogens is 386 g/mol. The summed E-state index contributed by atoms with van der Waals surface area (Å²) < 4.78 is 15.7. The average molecular weight is 407 g/mol. The van der Waals surface area contributed by atoms with Crippen molar-refractivity contribution in [3.8, 4) is 11.9 Å². The molecule has 0 amide bonds. The lowest BCUT2D eigenvalue weighted by Gasteiger charge is -2.14. The summed E-state index contributed by atoms with van der Waals surface area (Å²) in [4.78, 5) is 25.1. The summed E-state index contributed by atoms with van der Waals surface area (Å²) >= 11 is 0. The van der Waals surface area contributed by atoms with Crippen molar-refractivity contribution in [2.75, 3.05) is 14.2 Å². The Morgan fingerprint density at radius 3 is 2.67 bits per heavy atom. The molecule has 30 heavy (non-hydrogen) atoms. The molecule has 2 aromatic rings. The topological polar surface area (TPSA) is 133 Å². The van der Waals surface area contributed by atoms with Crippen molar-refractivity contribution in [1.29, 1.82) is 5.26 Å². The number of carbonyl (C=O) groups excluding carboxylic acids is 1. The van der Waals surface area contributed by atoms with Crippen molar-refractivity contribution < 1.29 is 19.0 Å². The highest BCUT2D eigenvalue weighted by Gasteiger charge is 2.23. The number of rotatable bonds is 7. The highest BCUT2D eigenvalue weighted by molar-refractivity contribution is 6.17. The van der Waals surface area contributed by atoms with E-state index in [4.69, 9.17) is 25.2 Å². The minimum absolute atomic E-state index is 0.0857. The number of nitriles is 1. The van der Waals surface area contributed by atoms with Crippen molar-refractivity contribution in [3.63, 3.8) is 0 Å². The molecule has 1 aromatic heterocycles. The van der Waals surface area contributed by atoms with Gasteiger partial charge in [0.1, 0.15) is 11.4 Å². The first-order chi connectivity index (χ1) is 14.4. The lowest BCUT2D eigenvalue weighted by Crippen LogP contribution is -2.12. The van der Waals surface area contributed by atoms with Gasteiger partial charge in [-0.15, -0.1) is 0 Å². The van der Waals surface area contributed by atoms with Crippen molar-refractivity contribution in [1.82, 2.24) is 9.97 Å². The molecule has 2 N–H and O–H groups in total. The Hall–Kier alpha value is -4.19. The maximum Gasteiger partial charge on any atom is 0.341 e. The van der Waals surface area contributed by atoms with Crippen LogP contribution >= 0.6 is 0 Å². The summed E-state index contributed by atoms with van der Waals surface area (Å²) in [5, 5.41) is 9.00. The van der Waals surface area contributed by atoms with E-state index in [9.17, 15) is 4.79 Å². The van der Waals surface area contributed by atoms with Gasteiger partial charge in [-0.1, -0.05) is 6.07 Å². The van der Waals surface area contributed by atoms with E-state index < -0.39 is 5.97 Å². The number of nitrogens with two attached hydrogens (primary N) is 1. The number of aryl methyl sites for hydroxylation is 2. The standard InChI is InChI=1S/C21H21N5O4/c1-13-19(18(12-28-3)21(27)29-4)20(26-14(2)25-13)30-17(10-23)11-24-16-7-5-6-15(8-16)9-22/h5-8,10-12H,23H2,1-4H3/b17-10?,18-12-,24-11?. The molecule has 0 aliphatic heterocycles. The lowest BCUT2D eigenvalue weighted by atomic mass is 10.1. The normalized spacial score (nSPS) is 11.8. The van der Waals surface area contributed by atoms with Gasteiger partial charge < -0.3 is 19.9 Å². The number of ether oxygens (including phenoxy) is 3. The quantitative estimate of drug-likeness (QED) is 0.321. The zero-order chi connectivity index (χ0) is 22.1. The fourth-order valence-electron chi connectivity index (χ4n) is 2.51. The van der Waals surface area contributed by atoms with Gasteiger partial charge in [-0.25, -0.2) is 9.78 Å². The minimum atomic E-state index is -0.641. The van der Waals surface area contributed by atoms with Crippen LogP contribution in [0.3, 0.4) is 0 Å². The molecule has 0 spiro atoms. The van der Waals surface area contributed by atoms with E-state index in [2.05, 4.69) is 15.0 Å². The van der Waals surface area contributed by atoms with Crippen molar-refractivity contribution >= 4 is 23.4 Å². The molecule has 0 unspecified atom stereocenters. The summed E-state index contributed by atoms with van der Waals surface area (Å²) in [5.41, 5.74) is 7.57. The lowest BCUT2D eigenvalue weighted by molar-refractivity contribution is -0.133. The summed E-state index contributed by atoms with van der Waals surface area (Å²) in [6.07, 6.45) is 3.81. The molecule has 1 aromatic carbocycles. The number of allylic oxidation sites excluding steroid dienone is 1. The third kappa shape index (κ3) is 5.42. The Bertz CT molecular complexity index is 1070. The van der Waals surface area contributed by atoms with Gasteiger partial charge in [0.25, 0.3) is 0 Å². The first kappa shape index (κ1) is 22.1. The molecule has 2 rings (SSSR count). The van der Waals surface area contributed by atoms with Gasteiger partial charge in [0.05, 0.1) is 55.3 Å². The van der Waals surface area contributed by atoms with E-state index in [1.165, 1.54) is 32.9 Å². The first-order valence-corrected chi connectivity index (χ1v) is 8.74. The Morgan fingerprint density at radius 2 is 2.03 bits per heavy atom. The molecule has 0 fully saturated rings. The van der Waals surface area contributed by atoms with E-state index in [0.29, 0.717) is 28.3 Å². The summed E-state index contributed by atoms with van der Waals surface area (Å²) in [7, 11) is 2.66. The molecule has 9 heteroatoms. The highest BCUT2D eigenvalue weighted by atomic mass is 16.5. The van der Waals surface area contributed by atoms with Gasteiger partial charge in [0.15, 0.2) is 5.76 Å². The second-order valence-electron chi connectivity index (χ2n) is 5.89. The van der Waals surface area contributed by atoms with Gasteiger partial charge in [-0.05, 0) is 32.0 Å². The zero-order valence-electron chi connectivity index (χ0n) is 17.0. The molecular formula is C21H21N5O4. The van der Waals surface area contributed by atoms with Gasteiger partial charge in [0.2, 0.25) is 5.88 Å². The molecule has 0 saturated carbocycles. The summed E-state index contributed by atoms with van der Waals surface area (Å²) in [6, 6.07) is 8.78. The molecule has 0 aliphatic rings. The Morgan fingerprint density at radius 1 is 1.27 bits per heavy atom. The van der Waals surface area contributed by atoms with Crippen LogP contribution in [-0.4, -0.2) is 36.4 Å². The van der Waals surface area contributed by atoms with Gasteiger partial charge in [0, 0.05) is 6.20 Å². The maximum atomic E-state index is 12.2. The zero-order valence-corrected chi connectivity index (χ0v) is 17.0. The van der Waals surface area contributed by atoms with Gasteiger partial charge in [-0.2, -0.15) is 10.2 Å². The first-order valence-electron chi connectivity index (χ1n) is 8.74. The highest BCUT2D eigenvalue weighted by Crippen LogP contribution is 2.29. The van der Waals surface area contributed by atoms with Crippen molar-refractivity contribution in [2.45, 2.75) is 13.8 Å². The second-order valence-corrected chi connectivity index (χ2v) is 5.89. The fraction of sp³-hybridized carbons (Fsp3) is 0.190. The number of nitrogens with zero attached hydrogens (tertiary/aromatic N) is 4. The number of aliphatic imine (C=N–C) groups is 1. The van der Waals surface area contributed by atoms with Crippen LogP contribution < -0.4 is 10.5 Å². The number of aromatic nitrogens is 2. The van der Waals surface area contributed by atoms with E-state index in [1.54, 1.807) is 38.1 Å². The van der Waals surface area contributed by atoms with Crippen LogP contribution in [0.2, 0.25) is 0 Å². The molecule has 0 aliphatic carbocycles. The third-order valence-corrected chi connectivity index (χ3v) is 3.77. The van der Waals surface area contributed by atoms with Crippen LogP contribution in [0.15, 0.2) is 47.5 Å². The Kier molecular flexibility index (Phi) is 7.65. The minimum Gasteiger partial charge on any atom is -0.503 e. The van der Waals surface area contributed by atoms with Crippen molar-refractivity contribution in [3.05, 3.63) is 65.1 Å². The van der Waals surface area contributed by atoms with Crippen LogP contribution in [0.4, 0.5) is 5.69 Å². The fourth-order valence-corrected chi connectivity index (χ4v) is 2.51. The molecule has 0 bridgehead atoms. The van der Waals surface area contributed by atoms with Crippen LogP contribution in [0.1, 0.15) is 22.6 Å². The molecule has 0 atom stereocenters. The van der Waals surface area contributed by atoms with Gasteiger partial charge >= 0.3 is 5.97 Å². The number of benzene rings is 1. The largest absolute Gasteiger partial charge is 0.503 e. The van der Waals surface area contributed by atoms with E-state index >= 15 is 0 Å². The predicted octanol–water partition coefficient (Wildman–Crippen LogP) is 2.71. The predicted molar refractivity (Wildman–Crippen MR) is 111 cm³/mol. The molecule has 0 saturated heterocycles. The second kappa shape index (κ2) is 10.4. The molecule has 1 heterocycles. The number of esters is 1. The summed E-state index contributed by atoms with van der Waals surface area (Å²) in [5.74, 6) is 0.0424. The van der Waals surface area contributed by atoms with E-state index in [1.807, 2.05) is 6.07 Å². The maximum absolute atomic E-state index is 12.2. The number of carbonyl (C=O) groups is 1. The van der Waals surface area contributed by atoms with Crippen LogP contribution in [-0.2, 0) is 14.3 Å². The SMILES string of the molecule is CO/C=C(\C(=O)OC)c1c(C)nc(C)nc1OC(C=Nc1cccc(C#N)c1)=CN. The van der Waals surface area contributed by atoms with Crippen LogP contribution in [0, 0.1) is 25.2 Å². The molecule has 154 valence electrons. The van der Waals surface area contributed by atoms with Crippen LogP contribution in [0.25, 0.3) is 5.57 Å².